The summed E-state index contributed by atoms with van der Waals surface area (Å²) in [4.78, 5) is 39.1. The average molecular weight is 514 g/mol. The van der Waals surface area contributed by atoms with Gasteiger partial charge in [-0.15, -0.1) is 11.3 Å². The van der Waals surface area contributed by atoms with Gasteiger partial charge in [-0.05, 0) is 47.7 Å². The smallest absolute Gasteiger partial charge is 0.336 e. The number of rotatable bonds is 7. The highest BCUT2D eigenvalue weighted by molar-refractivity contribution is 7.17. The molecule has 2 aromatic heterocycles. The van der Waals surface area contributed by atoms with Gasteiger partial charge in [0.25, 0.3) is 5.56 Å². The van der Waals surface area contributed by atoms with Gasteiger partial charge in [0.15, 0.2) is 0 Å². The molecule has 5 rings (SSSR count). The van der Waals surface area contributed by atoms with Crippen LogP contribution in [0.15, 0.2) is 93.8 Å². The van der Waals surface area contributed by atoms with Crippen LogP contribution in [-0.4, -0.2) is 15.0 Å². The number of halogens is 1. The van der Waals surface area contributed by atoms with E-state index < -0.39 is 17.1 Å². The van der Waals surface area contributed by atoms with Crippen molar-refractivity contribution in [2.75, 3.05) is 0 Å². The number of thiophene rings is 1. The van der Waals surface area contributed by atoms with Crippen molar-refractivity contribution in [3.05, 3.63) is 133 Å². The van der Waals surface area contributed by atoms with E-state index in [1.807, 2.05) is 31.2 Å². The molecule has 0 saturated heterocycles. The van der Waals surface area contributed by atoms with Gasteiger partial charge < -0.3 is 5.32 Å². The lowest BCUT2D eigenvalue weighted by molar-refractivity contribution is -0.120. The number of nitrogens with one attached hydrogen (secondary N) is 1. The molecule has 0 aliphatic rings. The van der Waals surface area contributed by atoms with Gasteiger partial charge in [-0.25, -0.2) is 13.8 Å². The zero-order valence-corrected chi connectivity index (χ0v) is 20.9. The number of hydrogen-bond donors (Lipinski definition) is 1. The van der Waals surface area contributed by atoms with Crippen LogP contribution >= 0.6 is 11.3 Å². The van der Waals surface area contributed by atoms with Crippen LogP contribution in [0.25, 0.3) is 15.9 Å². The molecule has 0 aliphatic heterocycles. The van der Waals surface area contributed by atoms with Crippen molar-refractivity contribution in [2.24, 2.45) is 0 Å². The predicted molar refractivity (Wildman–Crippen MR) is 144 cm³/mol. The zero-order valence-electron chi connectivity index (χ0n) is 20.1. The molecule has 3 aromatic carbocycles. The lowest BCUT2D eigenvalue weighted by Crippen LogP contribution is -2.38. The number of carbonyl (C=O) groups is 1. The highest BCUT2D eigenvalue weighted by atomic mass is 32.1. The summed E-state index contributed by atoms with van der Waals surface area (Å²) in [5.74, 6) is -0.543. The maximum absolute atomic E-state index is 14.3. The lowest BCUT2D eigenvalue weighted by Gasteiger charge is -2.13. The van der Waals surface area contributed by atoms with E-state index in [4.69, 9.17) is 0 Å². The van der Waals surface area contributed by atoms with Gasteiger partial charge in [-0.3, -0.25) is 14.2 Å². The lowest BCUT2D eigenvalue weighted by atomic mass is 10.1. The number of aromatic nitrogens is 2. The quantitative estimate of drug-likeness (QED) is 0.347. The molecule has 8 heteroatoms. The third-order valence-electron chi connectivity index (χ3n) is 6.21. The molecule has 0 spiro atoms. The van der Waals surface area contributed by atoms with E-state index in [2.05, 4.69) is 5.32 Å². The Morgan fingerprint density at radius 2 is 1.62 bits per heavy atom. The van der Waals surface area contributed by atoms with E-state index in [0.29, 0.717) is 28.0 Å². The van der Waals surface area contributed by atoms with Crippen molar-refractivity contribution in [1.29, 1.82) is 0 Å². The summed E-state index contributed by atoms with van der Waals surface area (Å²) >= 11 is 1.24. The summed E-state index contributed by atoms with van der Waals surface area (Å²) in [6.07, 6.45) is 0.169. The van der Waals surface area contributed by atoms with Gasteiger partial charge in [0.05, 0.1) is 24.2 Å². The molecule has 0 radical (unpaired) electrons. The molecule has 0 bridgehead atoms. The number of hydrogen-bond acceptors (Lipinski definition) is 4. The minimum Gasteiger partial charge on any atom is -0.352 e. The number of amides is 1. The Bertz CT molecular complexity index is 1700. The Balaban J connectivity index is 1.40. The van der Waals surface area contributed by atoms with E-state index in [1.54, 1.807) is 53.9 Å². The van der Waals surface area contributed by atoms with Crippen LogP contribution < -0.4 is 16.6 Å². The highest BCUT2D eigenvalue weighted by Crippen LogP contribution is 2.19. The van der Waals surface area contributed by atoms with Crippen LogP contribution in [0.3, 0.4) is 0 Å². The largest absolute Gasteiger partial charge is 0.352 e. The Morgan fingerprint density at radius 1 is 0.919 bits per heavy atom. The Kier molecular flexibility index (Phi) is 6.83. The minimum atomic E-state index is -0.553. The van der Waals surface area contributed by atoms with E-state index in [0.717, 1.165) is 21.3 Å². The molecule has 0 atom stereocenters. The van der Waals surface area contributed by atoms with Gasteiger partial charge in [-0.2, -0.15) is 0 Å². The van der Waals surface area contributed by atoms with E-state index in [1.165, 1.54) is 22.0 Å². The van der Waals surface area contributed by atoms with Gasteiger partial charge in [0.1, 0.15) is 10.5 Å². The fourth-order valence-corrected chi connectivity index (χ4v) is 5.01. The molecule has 0 saturated carbocycles. The van der Waals surface area contributed by atoms with Crippen molar-refractivity contribution in [1.82, 2.24) is 14.5 Å². The first-order valence-electron chi connectivity index (χ1n) is 11.8. The number of carbonyl (C=O) groups excluding carboxylic acids is 1. The van der Waals surface area contributed by atoms with Crippen LogP contribution in [-0.2, 0) is 24.3 Å². The summed E-state index contributed by atoms with van der Waals surface area (Å²) in [6.45, 7) is 2.45. The second-order valence-corrected chi connectivity index (χ2v) is 9.76. The molecular formula is C29H24FN3O3S. The maximum Gasteiger partial charge on any atom is 0.336 e. The molecule has 0 fully saturated rings. The van der Waals surface area contributed by atoms with Crippen LogP contribution in [0.5, 0.6) is 0 Å². The van der Waals surface area contributed by atoms with Gasteiger partial charge >= 0.3 is 5.69 Å². The van der Waals surface area contributed by atoms with Crippen molar-refractivity contribution < 1.29 is 9.18 Å². The van der Waals surface area contributed by atoms with E-state index in [9.17, 15) is 18.8 Å². The molecule has 186 valence electrons. The standard InChI is InChI=1S/C29H24FN3O3S/c1-19-6-8-21(9-7-19)17-31-26(34)16-20-10-12-23(13-11-20)33-28(35)27-25(14-15-37-27)32(29(33)36)18-22-4-2-3-5-24(22)30/h2-15H,16-18H2,1H3,(H,31,34). The summed E-state index contributed by atoms with van der Waals surface area (Å²) in [5, 5.41) is 4.65. The molecule has 37 heavy (non-hydrogen) atoms. The number of benzene rings is 3. The summed E-state index contributed by atoms with van der Waals surface area (Å²) in [5.41, 5.74) is 3.16. The first-order chi connectivity index (χ1) is 17.9. The van der Waals surface area contributed by atoms with Crippen molar-refractivity contribution in [2.45, 2.75) is 26.4 Å². The third kappa shape index (κ3) is 5.15. The molecular weight excluding hydrogens is 489 g/mol. The topological polar surface area (TPSA) is 73.1 Å². The fraction of sp³-hybridized carbons (Fsp3) is 0.138. The fourth-order valence-electron chi connectivity index (χ4n) is 4.18. The summed E-state index contributed by atoms with van der Waals surface area (Å²) < 4.78 is 17.3. The van der Waals surface area contributed by atoms with Crippen LogP contribution in [0, 0.1) is 12.7 Å². The van der Waals surface area contributed by atoms with Crippen LogP contribution in [0.2, 0.25) is 0 Å². The van der Waals surface area contributed by atoms with Gasteiger partial charge in [0.2, 0.25) is 5.91 Å². The predicted octanol–water partition coefficient (Wildman–Crippen LogP) is 4.57. The number of nitrogens with zero attached hydrogens (tertiary/aromatic N) is 2. The van der Waals surface area contributed by atoms with E-state index >= 15 is 0 Å². The highest BCUT2D eigenvalue weighted by Gasteiger charge is 2.17. The first kappa shape index (κ1) is 24.4. The maximum atomic E-state index is 14.3. The third-order valence-corrected chi connectivity index (χ3v) is 7.10. The second kappa shape index (κ2) is 10.4. The van der Waals surface area contributed by atoms with Gasteiger partial charge in [0, 0.05) is 12.1 Å². The van der Waals surface area contributed by atoms with Crippen molar-refractivity contribution in [3.8, 4) is 5.69 Å². The molecule has 0 unspecified atom stereocenters. The number of fused-ring (bicyclic) bond motifs is 1. The SMILES string of the molecule is Cc1ccc(CNC(=O)Cc2ccc(-n3c(=O)c4sccc4n(Cc4ccccc4F)c3=O)cc2)cc1. The summed E-state index contributed by atoms with van der Waals surface area (Å²) in [6, 6.07) is 22.7. The average Bonchev–Trinajstić information content (AvgIpc) is 3.39. The van der Waals surface area contributed by atoms with Crippen LogP contribution in [0.1, 0.15) is 22.3 Å². The molecule has 5 aromatic rings. The molecule has 1 amide bonds. The van der Waals surface area contributed by atoms with Crippen molar-refractivity contribution in [3.63, 3.8) is 0 Å². The monoisotopic (exact) mass is 513 g/mol. The molecule has 1 N–H and O–H groups in total. The Hall–Kier alpha value is -4.30. The van der Waals surface area contributed by atoms with Crippen LogP contribution in [0.4, 0.5) is 4.39 Å². The minimum absolute atomic E-state index is 0.00173. The molecule has 0 aliphatic carbocycles. The van der Waals surface area contributed by atoms with E-state index in [-0.39, 0.29) is 18.9 Å². The second-order valence-electron chi connectivity index (χ2n) is 8.84. The van der Waals surface area contributed by atoms with Gasteiger partial charge in [-0.1, -0.05) is 60.2 Å². The first-order valence-corrected chi connectivity index (χ1v) is 12.7. The molecule has 6 nitrogen and oxygen atoms in total. The Labute approximate surface area is 216 Å². The molecule has 2 heterocycles. The zero-order chi connectivity index (χ0) is 25.9. The number of aryl methyl sites for hydroxylation is 1. The summed E-state index contributed by atoms with van der Waals surface area (Å²) in [7, 11) is 0. The normalized spacial score (nSPS) is 11.1. The Morgan fingerprint density at radius 3 is 2.35 bits per heavy atom. The van der Waals surface area contributed by atoms with Crippen molar-refractivity contribution >= 4 is 27.5 Å².